The van der Waals surface area contributed by atoms with Crippen LogP contribution in [0.4, 0.5) is 13.2 Å². The van der Waals surface area contributed by atoms with Crippen molar-refractivity contribution in [2.75, 3.05) is 6.54 Å². The van der Waals surface area contributed by atoms with Crippen LogP contribution < -0.4 is 10.5 Å². The number of carbonyl (C=O) groups is 1. The minimum absolute atomic E-state index is 0.0575. The van der Waals surface area contributed by atoms with Gasteiger partial charge in [-0.1, -0.05) is 0 Å². The highest BCUT2D eigenvalue weighted by atomic mass is 19.4. The summed E-state index contributed by atoms with van der Waals surface area (Å²) in [7, 11) is 0. The highest BCUT2D eigenvalue weighted by molar-refractivity contribution is 5.76. The first kappa shape index (κ1) is 16.4. The number of halogens is 3. The fraction of sp³-hybridized carbons (Fsp3) is 0.417. The predicted octanol–water partition coefficient (Wildman–Crippen LogP) is 1.14. The summed E-state index contributed by atoms with van der Waals surface area (Å²) in [5, 5.41) is 19.4. The van der Waals surface area contributed by atoms with Crippen LogP contribution in [0, 0.1) is 0 Å². The molecule has 1 aromatic carbocycles. The fourth-order valence-electron chi connectivity index (χ4n) is 1.63. The van der Waals surface area contributed by atoms with Crippen LogP contribution in [-0.4, -0.2) is 35.5 Å². The van der Waals surface area contributed by atoms with Crippen molar-refractivity contribution in [2.24, 2.45) is 5.73 Å². The van der Waals surface area contributed by atoms with Gasteiger partial charge in [0, 0.05) is 5.56 Å². The van der Waals surface area contributed by atoms with Crippen LogP contribution in [0.3, 0.4) is 0 Å². The van der Waals surface area contributed by atoms with Gasteiger partial charge in [0.15, 0.2) is 0 Å². The standard InChI is InChI=1S/C12H14F3NO4/c13-12(14,15)20-9-4-7(6-17)3-8(5-9)11(19)10(18)1-2-16/h3-6,10-11,18-19H,1-2,16H2. The summed E-state index contributed by atoms with van der Waals surface area (Å²) in [6.45, 7) is 0.0947. The molecule has 0 bridgehead atoms. The Morgan fingerprint density at radius 3 is 2.45 bits per heavy atom. The van der Waals surface area contributed by atoms with Crippen LogP contribution in [0.5, 0.6) is 5.75 Å². The molecule has 0 saturated heterocycles. The van der Waals surface area contributed by atoms with Gasteiger partial charge >= 0.3 is 6.36 Å². The number of nitrogens with two attached hydrogens (primary N) is 1. The van der Waals surface area contributed by atoms with Crippen LogP contribution in [0.25, 0.3) is 0 Å². The molecular formula is C12H14F3NO4. The van der Waals surface area contributed by atoms with Gasteiger partial charge in [-0.15, -0.1) is 13.2 Å². The summed E-state index contributed by atoms with van der Waals surface area (Å²) in [6.07, 6.45) is -7.26. The summed E-state index contributed by atoms with van der Waals surface area (Å²) in [6, 6.07) is 2.96. The van der Waals surface area contributed by atoms with Crippen LogP contribution in [0.15, 0.2) is 18.2 Å². The molecule has 0 radical (unpaired) electrons. The van der Waals surface area contributed by atoms with Crippen LogP contribution in [0.2, 0.25) is 0 Å². The first-order valence-corrected chi connectivity index (χ1v) is 5.69. The molecule has 0 aliphatic heterocycles. The van der Waals surface area contributed by atoms with E-state index in [1.807, 2.05) is 0 Å². The topological polar surface area (TPSA) is 92.8 Å². The third kappa shape index (κ3) is 4.80. The second-order valence-electron chi connectivity index (χ2n) is 4.09. The van der Waals surface area contributed by atoms with Crippen molar-refractivity contribution in [1.29, 1.82) is 0 Å². The minimum atomic E-state index is -4.92. The lowest BCUT2D eigenvalue weighted by Crippen LogP contribution is -2.22. The molecule has 2 unspecified atom stereocenters. The van der Waals surface area contributed by atoms with E-state index in [4.69, 9.17) is 5.73 Å². The molecular weight excluding hydrogens is 279 g/mol. The fourth-order valence-corrected chi connectivity index (χ4v) is 1.63. The highest BCUT2D eigenvalue weighted by Crippen LogP contribution is 2.28. The lowest BCUT2D eigenvalue weighted by molar-refractivity contribution is -0.274. The van der Waals surface area contributed by atoms with Gasteiger partial charge in [0.2, 0.25) is 0 Å². The van der Waals surface area contributed by atoms with E-state index in [-0.39, 0.29) is 24.1 Å². The zero-order valence-electron chi connectivity index (χ0n) is 10.3. The average molecular weight is 293 g/mol. The number of rotatable bonds is 6. The second-order valence-corrected chi connectivity index (χ2v) is 4.09. The molecule has 0 fully saturated rings. The molecule has 1 rings (SSSR count). The number of benzene rings is 1. The van der Waals surface area contributed by atoms with Crippen molar-refractivity contribution >= 4 is 6.29 Å². The lowest BCUT2D eigenvalue weighted by Gasteiger charge is -2.19. The Morgan fingerprint density at radius 2 is 1.95 bits per heavy atom. The van der Waals surface area contributed by atoms with Crippen molar-refractivity contribution in [1.82, 2.24) is 0 Å². The molecule has 5 nitrogen and oxygen atoms in total. The molecule has 0 saturated carbocycles. The number of hydrogen-bond acceptors (Lipinski definition) is 5. The van der Waals surface area contributed by atoms with Gasteiger partial charge in [-0.3, -0.25) is 4.79 Å². The maximum absolute atomic E-state index is 12.2. The maximum atomic E-state index is 12.2. The Bertz CT molecular complexity index is 465. The Kier molecular flexibility index (Phi) is 5.49. The molecule has 8 heteroatoms. The normalized spacial score (nSPS) is 14.7. The zero-order chi connectivity index (χ0) is 15.3. The first-order valence-electron chi connectivity index (χ1n) is 5.69. The van der Waals surface area contributed by atoms with Gasteiger partial charge in [-0.25, -0.2) is 0 Å². The van der Waals surface area contributed by atoms with Crippen molar-refractivity contribution < 1.29 is 32.9 Å². The summed E-state index contributed by atoms with van der Waals surface area (Å²) in [5.74, 6) is -0.643. The van der Waals surface area contributed by atoms with E-state index < -0.39 is 24.3 Å². The van der Waals surface area contributed by atoms with Gasteiger partial charge in [0.25, 0.3) is 0 Å². The van der Waals surface area contributed by atoms with Gasteiger partial charge in [0.05, 0.1) is 6.10 Å². The number of ether oxygens (including phenoxy) is 1. The predicted molar refractivity (Wildman–Crippen MR) is 63.2 cm³/mol. The Labute approximate surface area is 112 Å². The largest absolute Gasteiger partial charge is 0.573 e. The average Bonchev–Trinajstić information content (AvgIpc) is 2.35. The van der Waals surface area contributed by atoms with Gasteiger partial charge in [0.1, 0.15) is 18.1 Å². The quantitative estimate of drug-likeness (QED) is 0.684. The smallest absolute Gasteiger partial charge is 0.406 e. The number of carbonyl (C=O) groups excluding carboxylic acids is 1. The summed E-state index contributed by atoms with van der Waals surface area (Å²) >= 11 is 0. The molecule has 0 aliphatic rings. The molecule has 0 amide bonds. The highest BCUT2D eigenvalue weighted by Gasteiger charge is 2.31. The van der Waals surface area contributed by atoms with E-state index >= 15 is 0 Å². The van der Waals surface area contributed by atoms with Crippen molar-refractivity contribution in [3.05, 3.63) is 29.3 Å². The number of alkyl halides is 3. The second kappa shape index (κ2) is 6.69. The molecule has 1 aromatic rings. The monoisotopic (exact) mass is 293 g/mol. The van der Waals surface area contributed by atoms with E-state index in [0.717, 1.165) is 12.1 Å². The molecule has 0 aliphatic carbocycles. The minimum Gasteiger partial charge on any atom is -0.406 e. The Morgan fingerprint density at radius 1 is 1.30 bits per heavy atom. The van der Waals surface area contributed by atoms with E-state index in [2.05, 4.69) is 4.74 Å². The van der Waals surface area contributed by atoms with E-state index in [1.165, 1.54) is 6.07 Å². The van der Waals surface area contributed by atoms with E-state index in [9.17, 15) is 28.2 Å². The third-order valence-electron chi connectivity index (χ3n) is 2.49. The van der Waals surface area contributed by atoms with E-state index in [0.29, 0.717) is 6.29 Å². The molecule has 0 aromatic heterocycles. The molecule has 0 spiro atoms. The van der Waals surface area contributed by atoms with E-state index in [1.54, 1.807) is 0 Å². The number of hydrogen-bond donors (Lipinski definition) is 3. The SMILES string of the molecule is NCCC(O)C(O)c1cc(C=O)cc(OC(F)(F)F)c1. The van der Waals surface area contributed by atoms with Crippen molar-refractivity contribution in [3.8, 4) is 5.75 Å². The Hall–Kier alpha value is -1.64. The molecule has 0 heterocycles. The number of aliphatic hydroxyl groups excluding tert-OH is 2. The maximum Gasteiger partial charge on any atom is 0.573 e. The Balaban J connectivity index is 3.07. The van der Waals surface area contributed by atoms with Gasteiger partial charge in [-0.05, 0) is 36.7 Å². The summed E-state index contributed by atoms with van der Waals surface area (Å²) in [4.78, 5) is 10.7. The zero-order valence-corrected chi connectivity index (χ0v) is 10.3. The summed E-state index contributed by atoms with van der Waals surface area (Å²) in [5.41, 5.74) is 5.04. The number of aldehydes is 1. The number of aliphatic hydroxyl groups is 2. The molecule has 20 heavy (non-hydrogen) atoms. The van der Waals surface area contributed by atoms with Crippen LogP contribution in [0.1, 0.15) is 28.4 Å². The van der Waals surface area contributed by atoms with Crippen molar-refractivity contribution in [2.45, 2.75) is 25.0 Å². The lowest BCUT2D eigenvalue weighted by atomic mass is 10.00. The molecule has 112 valence electrons. The van der Waals surface area contributed by atoms with Gasteiger partial charge in [-0.2, -0.15) is 0 Å². The van der Waals surface area contributed by atoms with Crippen LogP contribution in [-0.2, 0) is 0 Å². The molecule has 4 N–H and O–H groups in total. The van der Waals surface area contributed by atoms with Gasteiger partial charge < -0.3 is 20.7 Å². The third-order valence-corrected chi connectivity index (χ3v) is 2.49. The first-order chi connectivity index (χ1) is 9.26. The summed E-state index contributed by atoms with van der Waals surface area (Å²) < 4.78 is 40.1. The van der Waals surface area contributed by atoms with Crippen LogP contribution >= 0.6 is 0 Å². The van der Waals surface area contributed by atoms with Crippen molar-refractivity contribution in [3.63, 3.8) is 0 Å². The molecule has 2 atom stereocenters.